The van der Waals surface area contributed by atoms with Crippen LogP contribution in [-0.2, 0) is 6.54 Å². The van der Waals surface area contributed by atoms with Crippen molar-refractivity contribution in [2.24, 2.45) is 5.92 Å². The molecule has 1 fully saturated rings. The van der Waals surface area contributed by atoms with Gasteiger partial charge < -0.3 is 0 Å². The summed E-state index contributed by atoms with van der Waals surface area (Å²) < 4.78 is 0. The second-order valence-electron chi connectivity index (χ2n) is 4.21. The van der Waals surface area contributed by atoms with Gasteiger partial charge in [-0.05, 0) is 36.4 Å². The number of Topliss-reactive ketones (excluding diaryl/α,β-unsaturated/α-hetero) is 1. The van der Waals surface area contributed by atoms with E-state index in [1.54, 1.807) is 11.3 Å². The monoisotopic (exact) mass is 207 g/mol. The fourth-order valence-corrected chi connectivity index (χ4v) is 3.45. The Bertz CT molecular complexity index is 371. The number of thiophene rings is 1. The van der Waals surface area contributed by atoms with Crippen molar-refractivity contribution in [3.63, 3.8) is 0 Å². The lowest BCUT2D eigenvalue weighted by Gasteiger charge is -2.28. The summed E-state index contributed by atoms with van der Waals surface area (Å²) >= 11 is 1.62. The molecule has 0 amide bonds. The molecular weight excluding hydrogens is 194 g/mol. The fraction of sp³-hybridized carbons (Fsp3) is 0.545. The minimum Gasteiger partial charge on any atom is -0.298 e. The first-order valence-electron chi connectivity index (χ1n) is 5.17. The number of carbonyl (C=O) groups is 1. The van der Waals surface area contributed by atoms with E-state index in [1.165, 1.54) is 18.5 Å². The predicted molar refractivity (Wildman–Crippen MR) is 56.7 cm³/mol. The average molecular weight is 207 g/mol. The third-order valence-corrected chi connectivity index (χ3v) is 4.21. The average Bonchev–Trinajstić information content (AvgIpc) is 2.62. The molecule has 1 aromatic heterocycles. The van der Waals surface area contributed by atoms with Gasteiger partial charge in [0.2, 0.25) is 0 Å². The molecule has 2 bridgehead atoms. The summed E-state index contributed by atoms with van der Waals surface area (Å²) in [5, 5.41) is 2.05. The fourth-order valence-electron chi connectivity index (χ4n) is 2.52. The SMILES string of the molecule is O=C1c2sccc2CN2CCCC1C2. The molecule has 3 heterocycles. The Morgan fingerprint density at radius 2 is 2.43 bits per heavy atom. The predicted octanol–water partition coefficient (Wildman–Crippen LogP) is 2.16. The smallest absolute Gasteiger partial charge is 0.177 e. The van der Waals surface area contributed by atoms with E-state index in [-0.39, 0.29) is 5.92 Å². The topological polar surface area (TPSA) is 20.3 Å². The summed E-state index contributed by atoms with van der Waals surface area (Å²) in [5.74, 6) is 0.681. The van der Waals surface area contributed by atoms with Crippen LogP contribution in [0.2, 0.25) is 0 Å². The highest BCUT2D eigenvalue weighted by atomic mass is 32.1. The van der Waals surface area contributed by atoms with Crippen molar-refractivity contribution in [3.05, 3.63) is 21.9 Å². The Labute approximate surface area is 87.5 Å². The van der Waals surface area contributed by atoms with Crippen molar-refractivity contribution in [2.45, 2.75) is 19.4 Å². The number of hydrogen-bond donors (Lipinski definition) is 0. The van der Waals surface area contributed by atoms with Gasteiger partial charge in [0.15, 0.2) is 5.78 Å². The summed E-state index contributed by atoms with van der Waals surface area (Å²) in [6, 6.07) is 2.11. The molecule has 1 saturated heterocycles. The largest absolute Gasteiger partial charge is 0.298 e. The number of carbonyl (C=O) groups excluding carboxylic acids is 1. The highest BCUT2D eigenvalue weighted by Crippen LogP contribution is 2.31. The van der Waals surface area contributed by atoms with Crippen molar-refractivity contribution in [1.29, 1.82) is 0 Å². The van der Waals surface area contributed by atoms with Crippen molar-refractivity contribution < 1.29 is 4.79 Å². The van der Waals surface area contributed by atoms with Crippen LogP contribution in [0.1, 0.15) is 28.1 Å². The molecule has 2 nitrogen and oxygen atoms in total. The Kier molecular flexibility index (Phi) is 1.96. The van der Waals surface area contributed by atoms with Gasteiger partial charge in [-0.1, -0.05) is 0 Å². The van der Waals surface area contributed by atoms with Crippen LogP contribution in [0.4, 0.5) is 0 Å². The van der Waals surface area contributed by atoms with Crippen LogP contribution in [0, 0.1) is 5.92 Å². The first kappa shape index (κ1) is 8.62. The standard InChI is InChI=1S/C11H13NOS/c13-10-8-2-1-4-12(6-8)7-9-3-5-14-11(9)10/h3,5,8H,1-2,4,6-7H2. The minimum absolute atomic E-state index is 0.281. The highest BCUT2D eigenvalue weighted by molar-refractivity contribution is 7.12. The second-order valence-corrected chi connectivity index (χ2v) is 5.13. The Hall–Kier alpha value is -0.670. The molecule has 2 atom stereocenters. The number of piperidine rings is 1. The van der Waals surface area contributed by atoms with Gasteiger partial charge in [0.25, 0.3) is 0 Å². The number of hydrogen-bond acceptors (Lipinski definition) is 3. The normalized spacial score (nSPS) is 31.0. The second kappa shape index (κ2) is 3.17. The van der Waals surface area contributed by atoms with E-state index in [0.717, 1.165) is 24.4 Å². The Balaban J connectivity index is 2.05. The van der Waals surface area contributed by atoms with Crippen LogP contribution >= 0.6 is 11.3 Å². The zero-order valence-electron chi connectivity index (χ0n) is 8.03. The molecule has 3 rings (SSSR count). The summed E-state index contributed by atoms with van der Waals surface area (Å²) in [7, 11) is 0. The molecule has 0 radical (unpaired) electrons. The molecular formula is C11H13NOS. The van der Waals surface area contributed by atoms with Crippen LogP contribution < -0.4 is 0 Å². The zero-order chi connectivity index (χ0) is 9.54. The lowest BCUT2D eigenvalue weighted by atomic mass is 9.94. The van der Waals surface area contributed by atoms with E-state index in [9.17, 15) is 4.79 Å². The van der Waals surface area contributed by atoms with Crippen LogP contribution in [0.15, 0.2) is 11.4 Å². The lowest BCUT2D eigenvalue weighted by molar-refractivity contribution is 0.0841. The first-order chi connectivity index (χ1) is 6.84. The van der Waals surface area contributed by atoms with E-state index < -0.39 is 0 Å². The summed E-state index contributed by atoms with van der Waals surface area (Å²) in [6.07, 6.45) is 2.28. The number of fused-ring (bicyclic) bond motifs is 3. The highest BCUT2D eigenvalue weighted by Gasteiger charge is 2.32. The number of ketones is 1. The van der Waals surface area contributed by atoms with Gasteiger partial charge in [0.05, 0.1) is 4.88 Å². The molecule has 1 aromatic rings. The van der Waals surface area contributed by atoms with Crippen molar-refractivity contribution in [1.82, 2.24) is 4.90 Å². The maximum Gasteiger partial charge on any atom is 0.177 e. The summed E-state index contributed by atoms with van der Waals surface area (Å²) in [5.41, 5.74) is 1.25. The molecule has 2 unspecified atom stereocenters. The summed E-state index contributed by atoms with van der Waals surface area (Å²) in [4.78, 5) is 15.5. The Morgan fingerprint density at radius 1 is 1.50 bits per heavy atom. The molecule has 0 aliphatic carbocycles. The Morgan fingerprint density at radius 3 is 3.36 bits per heavy atom. The van der Waals surface area contributed by atoms with Crippen LogP contribution in [-0.4, -0.2) is 23.8 Å². The molecule has 2 aliphatic rings. The van der Waals surface area contributed by atoms with Gasteiger partial charge in [-0.3, -0.25) is 9.69 Å². The minimum atomic E-state index is 0.281. The molecule has 0 N–H and O–H groups in total. The van der Waals surface area contributed by atoms with Crippen LogP contribution in [0.25, 0.3) is 0 Å². The van der Waals surface area contributed by atoms with E-state index in [4.69, 9.17) is 0 Å². The quantitative estimate of drug-likeness (QED) is 0.649. The van der Waals surface area contributed by atoms with E-state index in [0.29, 0.717) is 5.78 Å². The van der Waals surface area contributed by atoms with Gasteiger partial charge in [0.1, 0.15) is 0 Å². The van der Waals surface area contributed by atoms with Crippen LogP contribution in [0.5, 0.6) is 0 Å². The van der Waals surface area contributed by atoms with Gasteiger partial charge >= 0.3 is 0 Å². The first-order valence-corrected chi connectivity index (χ1v) is 6.05. The molecule has 0 aromatic carbocycles. The molecule has 14 heavy (non-hydrogen) atoms. The third kappa shape index (κ3) is 1.23. The van der Waals surface area contributed by atoms with E-state index in [1.807, 2.05) is 5.38 Å². The molecule has 74 valence electrons. The molecule has 3 heteroatoms. The number of nitrogens with zero attached hydrogens (tertiary/aromatic N) is 1. The van der Waals surface area contributed by atoms with Gasteiger partial charge in [-0.25, -0.2) is 0 Å². The van der Waals surface area contributed by atoms with Crippen molar-refractivity contribution in [3.8, 4) is 0 Å². The molecule has 0 saturated carbocycles. The van der Waals surface area contributed by atoms with Crippen molar-refractivity contribution in [2.75, 3.05) is 13.1 Å². The van der Waals surface area contributed by atoms with Gasteiger partial charge in [-0.15, -0.1) is 11.3 Å². The molecule has 2 aliphatic heterocycles. The third-order valence-electron chi connectivity index (χ3n) is 3.24. The molecule has 0 spiro atoms. The van der Waals surface area contributed by atoms with Crippen LogP contribution in [0.3, 0.4) is 0 Å². The van der Waals surface area contributed by atoms with E-state index >= 15 is 0 Å². The maximum absolute atomic E-state index is 12.1. The van der Waals surface area contributed by atoms with Crippen molar-refractivity contribution >= 4 is 17.1 Å². The number of rotatable bonds is 0. The van der Waals surface area contributed by atoms with E-state index in [2.05, 4.69) is 11.0 Å². The summed E-state index contributed by atoms with van der Waals surface area (Å²) in [6.45, 7) is 3.14. The van der Waals surface area contributed by atoms with Gasteiger partial charge in [-0.2, -0.15) is 0 Å². The lowest BCUT2D eigenvalue weighted by Crippen LogP contribution is -2.35. The zero-order valence-corrected chi connectivity index (χ0v) is 8.85. The van der Waals surface area contributed by atoms with Gasteiger partial charge in [0, 0.05) is 19.0 Å². The maximum atomic E-state index is 12.1.